The summed E-state index contributed by atoms with van der Waals surface area (Å²) in [7, 11) is 0. The lowest BCUT2D eigenvalue weighted by molar-refractivity contribution is 0.219. The van der Waals surface area contributed by atoms with Crippen molar-refractivity contribution in [3.8, 4) is 5.75 Å². The van der Waals surface area contributed by atoms with Crippen molar-refractivity contribution in [2.24, 2.45) is 0 Å². The molecule has 0 amide bonds. The van der Waals surface area contributed by atoms with Crippen molar-refractivity contribution in [2.75, 3.05) is 13.1 Å². The van der Waals surface area contributed by atoms with Crippen molar-refractivity contribution in [1.82, 2.24) is 4.90 Å². The molecule has 3 rings (SSSR count). The number of fused-ring (bicyclic) bond motifs is 1. The van der Waals surface area contributed by atoms with Gasteiger partial charge in [-0.05, 0) is 42.8 Å². The predicted molar refractivity (Wildman–Crippen MR) is 74.7 cm³/mol. The van der Waals surface area contributed by atoms with Gasteiger partial charge in [0.1, 0.15) is 5.75 Å². The van der Waals surface area contributed by atoms with Crippen LogP contribution in [0.15, 0.2) is 36.4 Å². The van der Waals surface area contributed by atoms with E-state index in [0.29, 0.717) is 5.75 Å². The van der Waals surface area contributed by atoms with Gasteiger partial charge in [-0.3, -0.25) is 4.90 Å². The number of phenolic OH excluding ortho intramolecular Hbond substituents is 1. The zero-order valence-corrected chi connectivity index (χ0v) is 10.6. The first-order chi connectivity index (χ1) is 8.84. The summed E-state index contributed by atoms with van der Waals surface area (Å²) in [6.07, 6.45) is 3.91. The predicted octanol–water partition coefficient (Wildman–Crippen LogP) is 3.53. The van der Waals surface area contributed by atoms with E-state index in [1.165, 1.54) is 30.0 Å². The Balaban J connectivity index is 1.96. The van der Waals surface area contributed by atoms with Crippen LogP contribution in [0.25, 0.3) is 10.8 Å². The lowest BCUT2D eigenvalue weighted by Gasteiger charge is -2.27. The highest BCUT2D eigenvalue weighted by Crippen LogP contribution is 2.29. The van der Waals surface area contributed by atoms with Gasteiger partial charge in [0.05, 0.1) is 0 Å². The Morgan fingerprint density at radius 3 is 2.56 bits per heavy atom. The first-order valence-corrected chi connectivity index (χ1v) is 6.76. The number of nitrogens with zero attached hydrogens (tertiary/aromatic N) is 1. The molecular weight excluding hydrogens is 222 g/mol. The van der Waals surface area contributed by atoms with Gasteiger partial charge in [-0.15, -0.1) is 0 Å². The Morgan fingerprint density at radius 1 is 0.944 bits per heavy atom. The molecule has 1 aliphatic rings. The molecule has 0 aromatic heterocycles. The van der Waals surface area contributed by atoms with Gasteiger partial charge in [-0.25, -0.2) is 0 Å². The van der Waals surface area contributed by atoms with Gasteiger partial charge in [0, 0.05) is 12.1 Å². The number of hydrogen-bond acceptors (Lipinski definition) is 2. The summed E-state index contributed by atoms with van der Waals surface area (Å²) in [5.41, 5.74) is 1.08. The van der Waals surface area contributed by atoms with Crippen molar-refractivity contribution in [3.63, 3.8) is 0 Å². The van der Waals surface area contributed by atoms with Crippen LogP contribution >= 0.6 is 0 Å². The quantitative estimate of drug-likeness (QED) is 0.869. The van der Waals surface area contributed by atoms with Crippen molar-refractivity contribution in [3.05, 3.63) is 42.0 Å². The summed E-state index contributed by atoms with van der Waals surface area (Å²) in [5.74, 6) is 0.430. The van der Waals surface area contributed by atoms with E-state index in [1.54, 1.807) is 0 Å². The van der Waals surface area contributed by atoms with Crippen LogP contribution in [-0.2, 0) is 6.54 Å². The molecule has 18 heavy (non-hydrogen) atoms. The van der Waals surface area contributed by atoms with E-state index < -0.39 is 0 Å². The fourth-order valence-corrected chi connectivity index (χ4v) is 2.83. The first-order valence-electron chi connectivity index (χ1n) is 6.76. The third kappa shape index (κ3) is 2.21. The van der Waals surface area contributed by atoms with Crippen LogP contribution in [-0.4, -0.2) is 23.1 Å². The van der Waals surface area contributed by atoms with E-state index in [0.717, 1.165) is 25.2 Å². The summed E-state index contributed by atoms with van der Waals surface area (Å²) in [5, 5.41) is 12.5. The monoisotopic (exact) mass is 241 g/mol. The molecule has 0 atom stereocenters. The van der Waals surface area contributed by atoms with Crippen LogP contribution in [0.4, 0.5) is 0 Å². The SMILES string of the molecule is Oc1ccc2ccccc2c1CN1CCCCC1. The summed E-state index contributed by atoms with van der Waals surface area (Å²) < 4.78 is 0. The normalized spacial score (nSPS) is 17.1. The Labute approximate surface area is 108 Å². The molecule has 94 valence electrons. The van der Waals surface area contributed by atoms with Crippen molar-refractivity contribution >= 4 is 10.8 Å². The summed E-state index contributed by atoms with van der Waals surface area (Å²) in [4.78, 5) is 2.45. The van der Waals surface area contributed by atoms with Crippen LogP contribution in [0.2, 0.25) is 0 Å². The van der Waals surface area contributed by atoms with E-state index in [9.17, 15) is 5.11 Å². The summed E-state index contributed by atoms with van der Waals surface area (Å²) in [6.45, 7) is 3.18. The Bertz CT molecular complexity index is 544. The minimum Gasteiger partial charge on any atom is -0.508 e. The standard InChI is InChI=1S/C16H19NO/c18-16-9-8-13-6-2-3-7-14(13)15(16)12-17-10-4-1-5-11-17/h2-3,6-9,18H,1,4-5,10-12H2. The molecule has 2 heteroatoms. The van der Waals surface area contributed by atoms with Gasteiger partial charge in [0.2, 0.25) is 0 Å². The molecule has 0 unspecified atom stereocenters. The third-order valence-corrected chi connectivity index (χ3v) is 3.85. The maximum absolute atomic E-state index is 10.1. The molecule has 2 nitrogen and oxygen atoms in total. The molecule has 1 saturated heterocycles. The van der Waals surface area contributed by atoms with Crippen LogP contribution in [0.3, 0.4) is 0 Å². The van der Waals surface area contributed by atoms with Crippen LogP contribution in [0.1, 0.15) is 24.8 Å². The maximum atomic E-state index is 10.1. The number of aromatic hydroxyl groups is 1. The molecule has 1 N–H and O–H groups in total. The van der Waals surface area contributed by atoms with Crippen LogP contribution < -0.4 is 0 Å². The molecule has 0 spiro atoms. The van der Waals surface area contributed by atoms with Crippen molar-refractivity contribution in [2.45, 2.75) is 25.8 Å². The molecule has 0 radical (unpaired) electrons. The fourth-order valence-electron chi connectivity index (χ4n) is 2.83. The molecule has 0 bridgehead atoms. The lowest BCUT2D eigenvalue weighted by Crippen LogP contribution is -2.29. The highest BCUT2D eigenvalue weighted by atomic mass is 16.3. The van der Waals surface area contributed by atoms with E-state index in [-0.39, 0.29) is 0 Å². The maximum Gasteiger partial charge on any atom is 0.120 e. The van der Waals surface area contributed by atoms with Gasteiger partial charge in [0.25, 0.3) is 0 Å². The van der Waals surface area contributed by atoms with E-state index in [1.807, 2.05) is 24.3 Å². The second kappa shape index (κ2) is 4.99. The van der Waals surface area contributed by atoms with Gasteiger partial charge in [-0.1, -0.05) is 36.8 Å². The third-order valence-electron chi connectivity index (χ3n) is 3.85. The molecule has 0 saturated carbocycles. The largest absolute Gasteiger partial charge is 0.508 e. The zero-order chi connectivity index (χ0) is 12.4. The molecule has 1 fully saturated rings. The van der Waals surface area contributed by atoms with E-state index in [2.05, 4.69) is 17.0 Å². The fraction of sp³-hybridized carbons (Fsp3) is 0.375. The molecule has 1 aliphatic heterocycles. The smallest absolute Gasteiger partial charge is 0.120 e. The first kappa shape index (κ1) is 11.5. The number of piperidine rings is 1. The Morgan fingerprint density at radius 2 is 1.72 bits per heavy atom. The number of phenols is 1. The van der Waals surface area contributed by atoms with Gasteiger partial charge in [0.15, 0.2) is 0 Å². The highest BCUT2D eigenvalue weighted by molar-refractivity contribution is 5.87. The number of rotatable bonds is 2. The Kier molecular flexibility index (Phi) is 3.20. The average Bonchev–Trinajstić information content (AvgIpc) is 2.43. The summed E-state index contributed by atoms with van der Waals surface area (Å²) >= 11 is 0. The lowest BCUT2D eigenvalue weighted by atomic mass is 10.0. The zero-order valence-electron chi connectivity index (χ0n) is 10.6. The second-order valence-electron chi connectivity index (χ2n) is 5.12. The van der Waals surface area contributed by atoms with Gasteiger partial charge < -0.3 is 5.11 Å². The second-order valence-corrected chi connectivity index (χ2v) is 5.12. The topological polar surface area (TPSA) is 23.5 Å². The van der Waals surface area contributed by atoms with Gasteiger partial charge in [-0.2, -0.15) is 0 Å². The van der Waals surface area contributed by atoms with Crippen LogP contribution in [0.5, 0.6) is 5.75 Å². The molecular formula is C16H19NO. The van der Waals surface area contributed by atoms with Crippen molar-refractivity contribution in [1.29, 1.82) is 0 Å². The molecule has 2 aromatic carbocycles. The highest BCUT2D eigenvalue weighted by Gasteiger charge is 2.14. The minimum atomic E-state index is 0.430. The minimum absolute atomic E-state index is 0.430. The van der Waals surface area contributed by atoms with Gasteiger partial charge >= 0.3 is 0 Å². The number of benzene rings is 2. The molecule has 0 aliphatic carbocycles. The average molecular weight is 241 g/mol. The number of likely N-dealkylation sites (tertiary alicyclic amines) is 1. The van der Waals surface area contributed by atoms with Crippen LogP contribution in [0, 0.1) is 0 Å². The molecule has 2 aromatic rings. The summed E-state index contributed by atoms with van der Waals surface area (Å²) in [6, 6.07) is 12.1. The Hall–Kier alpha value is -1.54. The van der Waals surface area contributed by atoms with E-state index >= 15 is 0 Å². The molecule has 1 heterocycles. The number of hydrogen-bond donors (Lipinski definition) is 1. The van der Waals surface area contributed by atoms with E-state index in [4.69, 9.17) is 0 Å². The van der Waals surface area contributed by atoms with Crippen molar-refractivity contribution < 1.29 is 5.11 Å².